The topological polar surface area (TPSA) is 40.8 Å². The van der Waals surface area contributed by atoms with Gasteiger partial charge >= 0.3 is 0 Å². The quantitative estimate of drug-likeness (QED) is 0.830. The second-order valence-electron chi connectivity index (χ2n) is 5.13. The maximum Gasteiger partial charge on any atom is 0.174 e. The van der Waals surface area contributed by atoms with Gasteiger partial charge in [0, 0.05) is 11.9 Å². The van der Waals surface area contributed by atoms with Crippen molar-refractivity contribution in [2.24, 2.45) is 5.92 Å². The number of rotatable bonds is 4. The minimum atomic E-state index is 0.560. The Morgan fingerprint density at radius 2 is 2.10 bits per heavy atom. The summed E-state index contributed by atoms with van der Waals surface area (Å²) < 4.78 is 5.92. The smallest absolute Gasteiger partial charge is 0.174 e. The molecule has 1 aromatic carbocycles. The van der Waals surface area contributed by atoms with Gasteiger partial charge in [-0.05, 0) is 60.7 Å². The maximum atomic E-state index is 5.22. The van der Waals surface area contributed by atoms with Gasteiger partial charge in [0.1, 0.15) is 5.75 Å². The van der Waals surface area contributed by atoms with Crippen LogP contribution >= 0.6 is 12.2 Å². The van der Waals surface area contributed by atoms with Crippen LogP contribution in [-0.2, 0) is 6.42 Å². The summed E-state index contributed by atoms with van der Waals surface area (Å²) in [6.45, 7) is 0. The fourth-order valence-electron chi connectivity index (χ4n) is 2.86. The second-order valence-corrected chi connectivity index (χ2v) is 5.54. The monoisotopic (exact) mass is 286 g/mol. The van der Waals surface area contributed by atoms with E-state index < -0.39 is 0 Å². The Kier molecular flexibility index (Phi) is 3.74. The first-order chi connectivity index (χ1) is 9.76. The zero-order chi connectivity index (χ0) is 13.9. The molecule has 2 N–H and O–H groups in total. The summed E-state index contributed by atoms with van der Waals surface area (Å²) in [6.07, 6.45) is 7.69. The Hall–Kier alpha value is -1.81. The number of H-pyrrole nitrogens is 2. The first kappa shape index (κ1) is 13.2. The summed E-state index contributed by atoms with van der Waals surface area (Å²) >= 11 is 5.08. The van der Waals surface area contributed by atoms with E-state index in [2.05, 4.69) is 28.2 Å². The van der Waals surface area contributed by atoms with Gasteiger partial charge in [-0.15, -0.1) is 0 Å². The second kappa shape index (κ2) is 5.67. The highest BCUT2D eigenvalue weighted by molar-refractivity contribution is 7.71. The molecule has 1 unspecified atom stereocenters. The highest BCUT2D eigenvalue weighted by Crippen LogP contribution is 2.36. The molecular formula is C16H18N2OS. The summed E-state index contributed by atoms with van der Waals surface area (Å²) in [5, 5.41) is 0. The standard InChI is InChI=1S/C16H18N2OS/c1-19-14-7-5-11(6-8-14)15-4-2-3-12(15)9-13-10-17-16(20)18-13/h4-8,10,12H,2-3,9H2,1H3,(H2,17,18,20). The fourth-order valence-corrected chi connectivity index (χ4v) is 3.05. The Balaban J connectivity index is 1.79. The van der Waals surface area contributed by atoms with E-state index in [1.807, 2.05) is 18.3 Å². The zero-order valence-corrected chi connectivity index (χ0v) is 12.3. The average Bonchev–Trinajstić information content (AvgIpc) is 3.09. The summed E-state index contributed by atoms with van der Waals surface area (Å²) in [4.78, 5) is 6.24. The van der Waals surface area contributed by atoms with Gasteiger partial charge in [0.05, 0.1) is 7.11 Å². The number of hydrogen-bond acceptors (Lipinski definition) is 2. The molecule has 0 amide bonds. The normalized spacial score (nSPS) is 18.1. The van der Waals surface area contributed by atoms with E-state index in [1.165, 1.54) is 23.3 Å². The van der Waals surface area contributed by atoms with Crippen molar-refractivity contribution in [1.29, 1.82) is 0 Å². The first-order valence-corrected chi connectivity index (χ1v) is 7.28. The number of aromatic amines is 2. The predicted molar refractivity (Wildman–Crippen MR) is 83.4 cm³/mol. The molecule has 0 fully saturated rings. The molecule has 0 saturated carbocycles. The third-order valence-corrected chi connectivity index (χ3v) is 4.08. The number of ether oxygens (including phenoxy) is 1. The van der Waals surface area contributed by atoms with E-state index in [1.54, 1.807) is 7.11 Å². The third-order valence-electron chi connectivity index (χ3n) is 3.86. The molecule has 0 spiro atoms. The molecule has 1 atom stereocenters. The highest BCUT2D eigenvalue weighted by Gasteiger charge is 2.21. The number of hydrogen-bond donors (Lipinski definition) is 2. The van der Waals surface area contributed by atoms with Crippen molar-refractivity contribution >= 4 is 17.8 Å². The Morgan fingerprint density at radius 1 is 1.30 bits per heavy atom. The molecule has 1 aromatic heterocycles. The maximum absolute atomic E-state index is 5.22. The molecule has 2 aromatic rings. The van der Waals surface area contributed by atoms with Crippen molar-refractivity contribution < 1.29 is 4.74 Å². The summed E-state index contributed by atoms with van der Waals surface area (Å²) in [6, 6.07) is 8.33. The van der Waals surface area contributed by atoms with Gasteiger partial charge in [-0.2, -0.15) is 0 Å². The molecule has 0 saturated heterocycles. The van der Waals surface area contributed by atoms with Crippen LogP contribution in [-0.4, -0.2) is 17.1 Å². The summed E-state index contributed by atoms with van der Waals surface area (Å²) in [5.74, 6) is 1.46. The molecule has 3 nitrogen and oxygen atoms in total. The van der Waals surface area contributed by atoms with Crippen LogP contribution in [0.25, 0.3) is 5.57 Å². The van der Waals surface area contributed by atoms with E-state index in [4.69, 9.17) is 17.0 Å². The molecule has 0 aliphatic heterocycles. The molecule has 3 rings (SSSR count). The van der Waals surface area contributed by atoms with Gasteiger partial charge in [0.25, 0.3) is 0 Å². The summed E-state index contributed by atoms with van der Waals surface area (Å²) in [7, 11) is 1.70. The molecule has 20 heavy (non-hydrogen) atoms. The fraction of sp³-hybridized carbons (Fsp3) is 0.312. The van der Waals surface area contributed by atoms with Gasteiger partial charge in [0.2, 0.25) is 0 Å². The molecular weight excluding hydrogens is 268 g/mol. The van der Waals surface area contributed by atoms with Crippen molar-refractivity contribution in [3.63, 3.8) is 0 Å². The van der Waals surface area contributed by atoms with Crippen LogP contribution in [0.2, 0.25) is 0 Å². The number of aromatic nitrogens is 2. The molecule has 0 radical (unpaired) electrons. The van der Waals surface area contributed by atoms with Crippen molar-refractivity contribution in [2.45, 2.75) is 19.3 Å². The van der Waals surface area contributed by atoms with E-state index >= 15 is 0 Å². The summed E-state index contributed by atoms with van der Waals surface area (Å²) in [5.41, 5.74) is 3.91. The van der Waals surface area contributed by atoms with Crippen molar-refractivity contribution in [3.05, 3.63) is 52.6 Å². The van der Waals surface area contributed by atoms with Crippen LogP contribution in [0.3, 0.4) is 0 Å². The molecule has 0 bridgehead atoms. The van der Waals surface area contributed by atoms with E-state index in [0.29, 0.717) is 10.7 Å². The van der Waals surface area contributed by atoms with Crippen LogP contribution in [0.1, 0.15) is 24.1 Å². The molecule has 4 heteroatoms. The number of benzene rings is 1. The van der Waals surface area contributed by atoms with Crippen LogP contribution in [0.4, 0.5) is 0 Å². The van der Waals surface area contributed by atoms with E-state index in [9.17, 15) is 0 Å². The van der Waals surface area contributed by atoms with Gasteiger partial charge < -0.3 is 14.7 Å². The lowest BCUT2D eigenvalue weighted by Gasteiger charge is -2.14. The Labute approximate surface area is 123 Å². The van der Waals surface area contributed by atoms with E-state index in [-0.39, 0.29) is 0 Å². The van der Waals surface area contributed by atoms with Crippen LogP contribution in [0, 0.1) is 10.7 Å². The van der Waals surface area contributed by atoms with Gasteiger partial charge in [-0.25, -0.2) is 0 Å². The Morgan fingerprint density at radius 3 is 2.75 bits per heavy atom. The van der Waals surface area contributed by atoms with Gasteiger partial charge in [-0.3, -0.25) is 0 Å². The van der Waals surface area contributed by atoms with Crippen molar-refractivity contribution in [3.8, 4) is 5.75 Å². The molecule has 1 aliphatic rings. The number of methoxy groups -OCH3 is 1. The van der Waals surface area contributed by atoms with Crippen molar-refractivity contribution in [1.82, 2.24) is 9.97 Å². The lowest BCUT2D eigenvalue weighted by Crippen LogP contribution is -2.03. The Bertz CT molecular complexity index is 666. The lowest BCUT2D eigenvalue weighted by atomic mass is 9.91. The van der Waals surface area contributed by atoms with E-state index in [0.717, 1.165) is 18.6 Å². The molecule has 1 aliphatic carbocycles. The number of allylic oxidation sites excluding steroid dienone is 2. The lowest BCUT2D eigenvalue weighted by molar-refractivity contribution is 0.414. The predicted octanol–water partition coefficient (Wildman–Crippen LogP) is 4.12. The average molecular weight is 286 g/mol. The molecule has 1 heterocycles. The number of nitrogens with one attached hydrogen (secondary N) is 2. The van der Waals surface area contributed by atoms with Crippen molar-refractivity contribution in [2.75, 3.05) is 7.11 Å². The van der Waals surface area contributed by atoms with Gasteiger partial charge in [-0.1, -0.05) is 18.2 Å². The molecule has 104 valence electrons. The zero-order valence-electron chi connectivity index (χ0n) is 11.5. The van der Waals surface area contributed by atoms with Crippen LogP contribution in [0.15, 0.2) is 36.5 Å². The van der Waals surface area contributed by atoms with Crippen LogP contribution in [0.5, 0.6) is 5.75 Å². The largest absolute Gasteiger partial charge is 0.497 e. The van der Waals surface area contributed by atoms with Gasteiger partial charge in [0.15, 0.2) is 4.77 Å². The van der Waals surface area contributed by atoms with Crippen LogP contribution < -0.4 is 4.74 Å². The third kappa shape index (κ3) is 2.70. The SMILES string of the molecule is COc1ccc(C2=CCCC2Cc2c[nH]c(=S)[nH]2)cc1. The minimum Gasteiger partial charge on any atom is -0.497 e. The highest BCUT2D eigenvalue weighted by atomic mass is 32.1. The first-order valence-electron chi connectivity index (χ1n) is 6.87. The minimum absolute atomic E-state index is 0.560. The number of imidazole rings is 1.